The number of carbonyl (C=O) groups excluding carboxylic acids is 1. The van der Waals surface area contributed by atoms with Gasteiger partial charge < -0.3 is 5.73 Å². The Balaban J connectivity index is 1.85. The Kier molecular flexibility index (Phi) is 2.25. The van der Waals surface area contributed by atoms with Gasteiger partial charge >= 0.3 is 0 Å². The van der Waals surface area contributed by atoms with Crippen LogP contribution in [-0.4, -0.2) is 33.7 Å². The first kappa shape index (κ1) is 9.21. The van der Waals surface area contributed by atoms with Gasteiger partial charge in [0, 0.05) is 32.9 Å². The largest absolute Gasteiger partial charge is 0.369 e. The van der Waals surface area contributed by atoms with Crippen molar-refractivity contribution in [1.29, 1.82) is 0 Å². The summed E-state index contributed by atoms with van der Waals surface area (Å²) in [5.74, 6) is -0.144. The van der Waals surface area contributed by atoms with Crippen molar-refractivity contribution in [1.82, 2.24) is 14.7 Å². The lowest BCUT2D eigenvalue weighted by molar-refractivity contribution is -0.127. The van der Waals surface area contributed by atoms with Crippen molar-refractivity contribution in [2.24, 2.45) is 18.7 Å². The van der Waals surface area contributed by atoms with Gasteiger partial charge in [0.25, 0.3) is 0 Å². The third kappa shape index (κ3) is 1.63. The molecule has 1 aliphatic heterocycles. The molecule has 1 amide bonds. The number of likely N-dealkylation sites (tertiary alicyclic amines) is 1. The summed E-state index contributed by atoms with van der Waals surface area (Å²) in [6.07, 6.45) is 1.78. The summed E-state index contributed by atoms with van der Waals surface area (Å²) in [5, 5.41) is 4.08. The standard InChI is InChI=1S/C9H14N4O/c1-12-8(2-3-11-12)6-13-4-7(5-13)9(10)14/h2-3,7H,4-6H2,1H3,(H2,10,14). The highest BCUT2D eigenvalue weighted by Gasteiger charge is 2.30. The van der Waals surface area contributed by atoms with Crippen molar-refractivity contribution < 1.29 is 4.79 Å². The Morgan fingerprint density at radius 1 is 1.71 bits per heavy atom. The Labute approximate surface area is 82.5 Å². The van der Waals surface area contributed by atoms with E-state index in [0.717, 1.165) is 25.3 Å². The maximum atomic E-state index is 10.8. The molecule has 0 radical (unpaired) electrons. The summed E-state index contributed by atoms with van der Waals surface area (Å²) in [7, 11) is 1.92. The number of primary amides is 1. The van der Waals surface area contributed by atoms with Gasteiger partial charge in [-0.2, -0.15) is 5.10 Å². The summed E-state index contributed by atoms with van der Waals surface area (Å²) in [4.78, 5) is 13.0. The molecule has 0 spiro atoms. The summed E-state index contributed by atoms with van der Waals surface area (Å²) >= 11 is 0. The van der Waals surface area contributed by atoms with Crippen molar-refractivity contribution in [3.05, 3.63) is 18.0 Å². The molecular formula is C9H14N4O. The minimum Gasteiger partial charge on any atom is -0.369 e. The average Bonchev–Trinajstić information content (AvgIpc) is 2.42. The van der Waals surface area contributed by atoms with Crippen LogP contribution in [0.3, 0.4) is 0 Å². The summed E-state index contributed by atoms with van der Waals surface area (Å²) in [6, 6.07) is 1.98. The van der Waals surface area contributed by atoms with E-state index >= 15 is 0 Å². The SMILES string of the molecule is Cn1nccc1CN1CC(C(N)=O)C1. The van der Waals surface area contributed by atoms with Crippen molar-refractivity contribution >= 4 is 5.91 Å². The molecule has 1 fully saturated rings. The fraction of sp³-hybridized carbons (Fsp3) is 0.556. The maximum absolute atomic E-state index is 10.8. The van der Waals surface area contributed by atoms with Crippen molar-refractivity contribution in [3.8, 4) is 0 Å². The van der Waals surface area contributed by atoms with E-state index in [1.54, 1.807) is 6.20 Å². The summed E-state index contributed by atoms with van der Waals surface area (Å²) < 4.78 is 1.84. The van der Waals surface area contributed by atoms with E-state index in [4.69, 9.17) is 5.73 Å². The highest BCUT2D eigenvalue weighted by atomic mass is 16.1. The van der Waals surface area contributed by atoms with Gasteiger partial charge in [-0.1, -0.05) is 0 Å². The van der Waals surface area contributed by atoms with E-state index in [2.05, 4.69) is 10.00 Å². The third-order valence-corrected chi connectivity index (χ3v) is 2.67. The number of aromatic nitrogens is 2. The van der Waals surface area contributed by atoms with Gasteiger partial charge in [0.2, 0.25) is 5.91 Å². The summed E-state index contributed by atoms with van der Waals surface area (Å²) in [5.41, 5.74) is 6.34. The average molecular weight is 194 g/mol. The topological polar surface area (TPSA) is 64.2 Å². The van der Waals surface area contributed by atoms with Crippen LogP contribution >= 0.6 is 0 Å². The lowest BCUT2D eigenvalue weighted by Crippen LogP contribution is -2.51. The number of aryl methyl sites for hydroxylation is 1. The van der Waals surface area contributed by atoms with Gasteiger partial charge in [0.05, 0.1) is 11.6 Å². The smallest absolute Gasteiger partial charge is 0.223 e. The molecule has 76 valence electrons. The van der Waals surface area contributed by atoms with Crippen LogP contribution in [0.5, 0.6) is 0 Å². The molecule has 2 heterocycles. The molecule has 0 atom stereocenters. The monoisotopic (exact) mass is 194 g/mol. The Morgan fingerprint density at radius 2 is 2.43 bits per heavy atom. The molecule has 0 saturated carbocycles. The molecule has 0 unspecified atom stereocenters. The first-order valence-corrected chi connectivity index (χ1v) is 4.65. The van der Waals surface area contributed by atoms with Gasteiger partial charge in [0.1, 0.15) is 0 Å². The lowest BCUT2D eigenvalue weighted by atomic mass is 9.99. The van der Waals surface area contributed by atoms with Crippen LogP contribution in [0.4, 0.5) is 0 Å². The molecule has 0 bridgehead atoms. The Morgan fingerprint density at radius 3 is 2.93 bits per heavy atom. The van der Waals surface area contributed by atoms with Gasteiger partial charge in [-0.25, -0.2) is 0 Å². The normalized spacial score (nSPS) is 18.1. The van der Waals surface area contributed by atoms with E-state index in [-0.39, 0.29) is 11.8 Å². The Hall–Kier alpha value is -1.36. The van der Waals surface area contributed by atoms with E-state index in [1.165, 1.54) is 0 Å². The number of hydrogen-bond donors (Lipinski definition) is 1. The van der Waals surface area contributed by atoms with E-state index in [9.17, 15) is 4.79 Å². The third-order valence-electron chi connectivity index (χ3n) is 2.67. The van der Waals surface area contributed by atoms with Crippen LogP contribution in [0, 0.1) is 5.92 Å². The molecule has 1 aliphatic rings. The van der Waals surface area contributed by atoms with E-state index < -0.39 is 0 Å². The van der Waals surface area contributed by atoms with Crippen LogP contribution in [0.25, 0.3) is 0 Å². The van der Waals surface area contributed by atoms with Crippen LogP contribution in [0.15, 0.2) is 12.3 Å². The van der Waals surface area contributed by atoms with Gasteiger partial charge in [-0.05, 0) is 6.07 Å². The number of nitrogens with two attached hydrogens (primary N) is 1. The van der Waals surface area contributed by atoms with Crippen LogP contribution in [0.2, 0.25) is 0 Å². The minimum absolute atomic E-state index is 0.0447. The van der Waals surface area contributed by atoms with Gasteiger partial charge in [-0.3, -0.25) is 14.4 Å². The number of nitrogens with zero attached hydrogens (tertiary/aromatic N) is 3. The number of hydrogen-bond acceptors (Lipinski definition) is 3. The second kappa shape index (κ2) is 3.42. The second-order valence-electron chi connectivity index (χ2n) is 3.74. The maximum Gasteiger partial charge on any atom is 0.223 e. The lowest BCUT2D eigenvalue weighted by Gasteiger charge is -2.37. The highest BCUT2D eigenvalue weighted by Crippen LogP contribution is 2.17. The zero-order valence-electron chi connectivity index (χ0n) is 8.18. The molecule has 5 nitrogen and oxygen atoms in total. The molecule has 1 aromatic heterocycles. The highest BCUT2D eigenvalue weighted by molar-refractivity contribution is 5.78. The summed E-state index contributed by atoms with van der Waals surface area (Å²) in [6.45, 7) is 2.40. The van der Waals surface area contributed by atoms with Crippen molar-refractivity contribution in [2.75, 3.05) is 13.1 Å². The molecule has 0 aromatic carbocycles. The van der Waals surface area contributed by atoms with E-state index in [1.807, 2.05) is 17.8 Å². The predicted octanol–water partition coefficient (Wildman–Crippen LogP) is -0.663. The van der Waals surface area contributed by atoms with Crippen molar-refractivity contribution in [2.45, 2.75) is 6.54 Å². The molecule has 2 rings (SSSR count). The molecule has 1 saturated heterocycles. The van der Waals surface area contributed by atoms with Crippen LogP contribution < -0.4 is 5.73 Å². The first-order chi connectivity index (χ1) is 6.66. The zero-order chi connectivity index (χ0) is 10.1. The minimum atomic E-state index is -0.189. The number of amides is 1. The molecule has 0 aliphatic carbocycles. The fourth-order valence-electron chi connectivity index (χ4n) is 1.66. The van der Waals surface area contributed by atoms with E-state index in [0.29, 0.717) is 0 Å². The van der Waals surface area contributed by atoms with Crippen LogP contribution in [-0.2, 0) is 18.4 Å². The van der Waals surface area contributed by atoms with Crippen LogP contribution in [0.1, 0.15) is 5.69 Å². The molecule has 1 aromatic rings. The first-order valence-electron chi connectivity index (χ1n) is 4.65. The molecule has 14 heavy (non-hydrogen) atoms. The molecular weight excluding hydrogens is 180 g/mol. The number of rotatable bonds is 3. The van der Waals surface area contributed by atoms with Crippen molar-refractivity contribution in [3.63, 3.8) is 0 Å². The Bertz CT molecular complexity index is 340. The second-order valence-corrected chi connectivity index (χ2v) is 3.74. The molecule has 5 heteroatoms. The van der Waals surface area contributed by atoms with Gasteiger partial charge in [0.15, 0.2) is 0 Å². The quantitative estimate of drug-likeness (QED) is 0.694. The zero-order valence-corrected chi connectivity index (χ0v) is 8.18. The molecule has 2 N–H and O–H groups in total. The fourth-order valence-corrected chi connectivity index (χ4v) is 1.66. The number of carbonyl (C=O) groups is 1. The predicted molar refractivity (Wildman–Crippen MR) is 51.2 cm³/mol. The van der Waals surface area contributed by atoms with Gasteiger partial charge in [-0.15, -0.1) is 0 Å².